The van der Waals surface area contributed by atoms with Gasteiger partial charge in [0.2, 0.25) is 0 Å². The van der Waals surface area contributed by atoms with Gasteiger partial charge >= 0.3 is 0 Å². The zero-order valence-electron chi connectivity index (χ0n) is 18.7. The second kappa shape index (κ2) is 9.45. The second-order valence-electron chi connectivity index (χ2n) is 10.0. The zero-order chi connectivity index (χ0) is 21.1. The monoisotopic (exact) mass is 406 g/mol. The van der Waals surface area contributed by atoms with Crippen LogP contribution in [0, 0.1) is 5.92 Å². The summed E-state index contributed by atoms with van der Waals surface area (Å²) in [5.41, 5.74) is 4.88. The standard InChI is InChI=1S/C28H38O2/c1-19(2)28(22-13-15-26(29)24(17-22)20-9-5-3-6-10-20)23-14-16-27(30)25(18-23)21-11-7-4-8-12-21/h13-21,28-30H,3-12H2,1-2H3. The second-order valence-corrected chi connectivity index (χ2v) is 10.0. The molecule has 0 amide bonds. The molecule has 2 aliphatic carbocycles. The largest absolute Gasteiger partial charge is 0.508 e. The molecule has 2 aliphatic rings. The number of hydrogen-bond donors (Lipinski definition) is 2. The van der Waals surface area contributed by atoms with Gasteiger partial charge in [0.25, 0.3) is 0 Å². The molecule has 2 saturated carbocycles. The quantitative estimate of drug-likeness (QED) is 0.528. The van der Waals surface area contributed by atoms with E-state index in [1.165, 1.54) is 75.3 Å². The van der Waals surface area contributed by atoms with Crippen molar-refractivity contribution in [2.24, 2.45) is 5.92 Å². The molecule has 0 unspecified atom stereocenters. The van der Waals surface area contributed by atoms with Crippen LogP contribution in [0.15, 0.2) is 36.4 Å². The molecular formula is C28H38O2. The van der Waals surface area contributed by atoms with E-state index < -0.39 is 0 Å². The lowest BCUT2D eigenvalue weighted by atomic mass is 9.77. The fourth-order valence-corrected chi connectivity index (χ4v) is 5.98. The molecule has 2 nitrogen and oxygen atoms in total. The maximum absolute atomic E-state index is 10.6. The topological polar surface area (TPSA) is 40.5 Å². The minimum absolute atomic E-state index is 0.274. The van der Waals surface area contributed by atoms with Crippen molar-refractivity contribution in [2.45, 2.75) is 95.8 Å². The Morgan fingerprint density at radius 3 is 1.40 bits per heavy atom. The van der Waals surface area contributed by atoms with Gasteiger partial charge in [0.05, 0.1) is 0 Å². The van der Waals surface area contributed by atoms with E-state index in [1.807, 2.05) is 12.1 Å². The van der Waals surface area contributed by atoms with Crippen molar-refractivity contribution >= 4 is 0 Å². The van der Waals surface area contributed by atoms with E-state index in [0.717, 1.165) is 11.1 Å². The predicted octanol–water partition coefficient (Wildman–Crippen LogP) is 7.98. The van der Waals surface area contributed by atoms with Gasteiger partial charge in [-0.1, -0.05) is 76.6 Å². The Labute approximate surface area is 182 Å². The summed E-state index contributed by atoms with van der Waals surface area (Å²) in [5.74, 6) is 2.62. The van der Waals surface area contributed by atoms with E-state index in [-0.39, 0.29) is 5.92 Å². The Kier molecular flexibility index (Phi) is 6.71. The summed E-state index contributed by atoms with van der Waals surface area (Å²) in [7, 11) is 0. The zero-order valence-corrected chi connectivity index (χ0v) is 18.7. The van der Waals surface area contributed by atoms with E-state index in [0.29, 0.717) is 29.3 Å². The normalized spacial score (nSPS) is 18.9. The number of phenols is 2. The van der Waals surface area contributed by atoms with Crippen LogP contribution >= 0.6 is 0 Å². The molecule has 0 saturated heterocycles. The van der Waals surface area contributed by atoms with Gasteiger partial charge in [0.1, 0.15) is 11.5 Å². The van der Waals surface area contributed by atoms with Crippen molar-refractivity contribution in [2.75, 3.05) is 0 Å². The molecule has 2 N–H and O–H groups in total. The fourth-order valence-electron chi connectivity index (χ4n) is 5.98. The van der Waals surface area contributed by atoms with Crippen molar-refractivity contribution in [3.63, 3.8) is 0 Å². The third-order valence-corrected chi connectivity index (χ3v) is 7.58. The first-order valence-electron chi connectivity index (χ1n) is 12.2. The number of phenolic OH excluding ortho intramolecular Hbond substituents is 2. The number of benzene rings is 2. The summed E-state index contributed by atoms with van der Waals surface area (Å²) in [4.78, 5) is 0. The van der Waals surface area contributed by atoms with Crippen molar-refractivity contribution in [1.29, 1.82) is 0 Å². The summed E-state index contributed by atoms with van der Waals surface area (Å²) in [6, 6.07) is 12.6. The lowest BCUT2D eigenvalue weighted by Gasteiger charge is -2.28. The van der Waals surface area contributed by atoms with E-state index in [1.54, 1.807) is 0 Å². The lowest BCUT2D eigenvalue weighted by Crippen LogP contribution is -2.12. The average Bonchev–Trinajstić information content (AvgIpc) is 2.77. The average molecular weight is 407 g/mol. The predicted molar refractivity (Wildman–Crippen MR) is 125 cm³/mol. The molecule has 162 valence electrons. The van der Waals surface area contributed by atoms with Gasteiger partial charge in [0, 0.05) is 5.92 Å². The smallest absolute Gasteiger partial charge is 0.119 e. The van der Waals surface area contributed by atoms with Crippen LogP contribution in [-0.2, 0) is 0 Å². The van der Waals surface area contributed by atoms with E-state index in [4.69, 9.17) is 0 Å². The van der Waals surface area contributed by atoms with Crippen LogP contribution in [0.2, 0.25) is 0 Å². The minimum Gasteiger partial charge on any atom is -0.508 e. The molecule has 2 heteroatoms. The third kappa shape index (κ3) is 4.53. The van der Waals surface area contributed by atoms with E-state index >= 15 is 0 Å². The van der Waals surface area contributed by atoms with Gasteiger partial charge in [-0.3, -0.25) is 0 Å². The molecule has 0 aromatic heterocycles. The van der Waals surface area contributed by atoms with Crippen molar-refractivity contribution in [1.82, 2.24) is 0 Å². The molecular weight excluding hydrogens is 368 g/mol. The highest BCUT2D eigenvalue weighted by Gasteiger charge is 2.25. The van der Waals surface area contributed by atoms with Crippen LogP contribution in [0.3, 0.4) is 0 Å². The highest BCUT2D eigenvalue weighted by molar-refractivity contribution is 5.46. The first kappa shape index (κ1) is 21.3. The van der Waals surface area contributed by atoms with Crippen LogP contribution in [0.1, 0.15) is 118 Å². The first-order chi connectivity index (χ1) is 14.5. The third-order valence-electron chi connectivity index (χ3n) is 7.58. The molecule has 0 spiro atoms. The van der Waals surface area contributed by atoms with Crippen LogP contribution in [0.25, 0.3) is 0 Å². The highest BCUT2D eigenvalue weighted by Crippen LogP contribution is 2.43. The van der Waals surface area contributed by atoms with Gasteiger partial charge < -0.3 is 10.2 Å². The Bertz CT molecular complexity index is 774. The number of hydrogen-bond acceptors (Lipinski definition) is 2. The van der Waals surface area contributed by atoms with Crippen LogP contribution in [0.4, 0.5) is 0 Å². The maximum Gasteiger partial charge on any atom is 0.119 e. The van der Waals surface area contributed by atoms with E-state index in [2.05, 4.69) is 38.1 Å². The van der Waals surface area contributed by atoms with E-state index in [9.17, 15) is 10.2 Å². The number of aromatic hydroxyl groups is 2. The van der Waals surface area contributed by atoms with Gasteiger partial charge in [-0.15, -0.1) is 0 Å². The molecule has 30 heavy (non-hydrogen) atoms. The number of rotatable bonds is 5. The molecule has 0 radical (unpaired) electrons. The fraction of sp³-hybridized carbons (Fsp3) is 0.571. The molecule has 2 fully saturated rings. The molecule has 4 rings (SSSR count). The summed E-state index contributed by atoms with van der Waals surface area (Å²) < 4.78 is 0. The Hall–Kier alpha value is -1.96. The van der Waals surface area contributed by atoms with Crippen molar-refractivity contribution < 1.29 is 10.2 Å². The Balaban J connectivity index is 1.69. The van der Waals surface area contributed by atoms with Crippen molar-refractivity contribution in [3.05, 3.63) is 58.7 Å². The van der Waals surface area contributed by atoms with Gasteiger partial charge in [-0.25, -0.2) is 0 Å². The summed E-state index contributed by atoms with van der Waals surface area (Å²) in [5, 5.41) is 21.2. The molecule has 2 aromatic rings. The maximum atomic E-state index is 10.6. The molecule has 0 bridgehead atoms. The van der Waals surface area contributed by atoms with Crippen molar-refractivity contribution in [3.8, 4) is 11.5 Å². The molecule has 0 aliphatic heterocycles. The van der Waals surface area contributed by atoms with Crippen LogP contribution in [0.5, 0.6) is 11.5 Å². The molecule has 2 aromatic carbocycles. The Morgan fingerprint density at radius 1 is 0.633 bits per heavy atom. The summed E-state index contributed by atoms with van der Waals surface area (Å²) >= 11 is 0. The molecule has 0 atom stereocenters. The summed E-state index contributed by atoms with van der Waals surface area (Å²) in [6.45, 7) is 4.57. The SMILES string of the molecule is CC(C)C(c1ccc(O)c(C2CCCCC2)c1)c1ccc(O)c(C2CCCCC2)c1. The van der Waals surface area contributed by atoms with Gasteiger partial charge in [-0.05, 0) is 77.8 Å². The van der Waals surface area contributed by atoms with Gasteiger partial charge in [0.15, 0.2) is 0 Å². The Morgan fingerprint density at radius 2 is 1.03 bits per heavy atom. The minimum atomic E-state index is 0.274. The van der Waals surface area contributed by atoms with Crippen LogP contribution < -0.4 is 0 Å². The molecule has 0 heterocycles. The van der Waals surface area contributed by atoms with Crippen LogP contribution in [-0.4, -0.2) is 10.2 Å². The van der Waals surface area contributed by atoms with Gasteiger partial charge in [-0.2, -0.15) is 0 Å². The first-order valence-corrected chi connectivity index (χ1v) is 12.2. The lowest BCUT2D eigenvalue weighted by molar-refractivity contribution is 0.412. The summed E-state index contributed by atoms with van der Waals surface area (Å²) in [6.07, 6.45) is 12.5. The highest BCUT2D eigenvalue weighted by atomic mass is 16.3.